The molecule has 1 atom stereocenters. The van der Waals surface area contributed by atoms with E-state index in [0.717, 1.165) is 22.0 Å². The van der Waals surface area contributed by atoms with Gasteiger partial charge < -0.3 is 9.73 Å². The number of carbonyl (C=O) groups is 1. The molecule has 0 bridgehead atoms. The fourth-order valence-corrected chi connectivity index (χ4v) is 3.93. The molecule has 2 aromatic heterocycles. The van der Waals surface area contributed by atoms with Crippen molar-refractivity contribution in [3.8, 4) is 0 Å². The molecule has 0 radical (unpaired) electrons. The first-order valence-corrected chi connectivity index (χ1v) is 9.84. The molecular formula is C18H19N3O2S2. The Hall–Kier alpha value is -2.12. The van der Waals surface area contributed by atoms with Gasteiger partial charge in [-0.15, -0.1) is 11.8 Å². The molecule has 0 fully saturated rings. The van der Waals surface area contributed by atoms with E-state index in [1.807, 2.05) is 44.2 Å². The maximum absolute atomic E-state index is 12.4. The molecule has 2 heterocycles. The van der Waals surface area contributed by atoms with Crippen LogP contribution in [-0.4, -0.2) is 15.9 Å². The number of aryl methyl sites for hydroxylation is 1. The molecule has 3 rings (SSSR count). The minimum atomic E-state index is -0.221. The number of rotatable bonds is 7. The van der Waals surface area contributed by atoms with Crippen molar-refractivity contribution >= 4 is 34.1 Å². The third kappa shape index (κ3) is 4.70. The Labute approximate surface area is 154 Å². The molecule has 0 spiro atoms. The molecule has 130 valence electrons. The van der Waals surface area contributed by atoms with Crippen LogP contribution < -0.4 is 5.32 Å². The van der Waals surface area contributed by atoms with Gasteiger partial charge in [-0.3, -0.25) is 4.79 Å². The van der Waals surface area contributed by atoms with Gasteiger partial charge in [-0.05, 0) is 12.5 Å². The van der Waals surface area contributed by atoms with Crippen LogP contribution in [0.1, 0.15) is 37.0 Å². The largest absolute Gasteiger partial charge is 0.445 e. The molecule has 5 nitrogen and oxygen atoms in total. The van der Waals surface area contributed by atoms with E-state index in [9.17, 15) is 4.79 Å². The first-order valence-electron chi connectivity index (χ1n) is 8.03. The number of anilines is 1. The van der Waals surface area contributed by atoms with E-state index in [1.54, 1.807) is 24.2 Å². The van der Waals surface area contributed by atoms with Crippen molar-refractivity contribution in [2.75, 3.05) is 5.32 Å². The Morgan fingerprint density at radius 2 is 2.08 bits per heavy atom. The number of amides is 1. The Kier molecular flexibility index (Phi) is 5.88. The Morgan fingerprint density at radius 1 is 1.28 bits per heavy atom. The minimum absolute atomic E-state index is 0.0580. The molecular weight excluding hydrogens is 354 g/mol. The highest BCUT2D eigenvalue weighted by atomic mass is 32.2. The Balaban J connectivity index is 1.55. The van der Waals surface area contributed by atoms with Crippen molar-refractivity contribution in [1.29, 1.82) is 0 Å². The fraction of sp³-hybridized carbons (Fsp3) is 0.278. The molecule has 7 heteroatoms. The molecule has 1 amide bonds. The van der Waals surface area contributed by atoms with Gasteiger partial charge in [-0.1, -0.05) is 48.6 Å². The lowest BCUT2D eigenvalue weighted by molar-refractivity contribution is -0.117. The standard InChI is InChI=1S/C18H19N3O2S2/c1-3-14-9-19-15(23-14)11-24-16-10-20-18(25-16)21-17(22)12(2)13-7-5-4-6-8-13/h4-10,12H,3,11H2,1-2H3,(H,20,21,22)/t12-/m1/s1. The van der Waals surface area contributed by atoms with Crippen molar-refractivity contribution in [3.05, 3.63) is 59.9 Å². The zero-order chi connectivity index (χ0) is 17.6. The average molecular weight is 374 g/mol. The number of thiazole rings is 1. The lowest BCUT2D eigenvalue weighted by atomic mass is 10.0. The summed E-state index contributed by atoms with van der Waals surface area (Å²) < 4.78 is 6.60. The molecule has 0 saturated carbocycles. The van der Waals surface area contributed by atoms with Crippen LogP contribution in [0.25, 0.3) is 0 Å². The van der Waals surface area contributed by atoms with Crippen molar-refractivity contribution in [2.45, 2.75) is 36.1 Å². The van der Waals surface area contributed by atoms with Gasteiger partial charge in [0.2, 0.25) is 11.8 Å². The highest BCUT2D eigenvalue weighted by Gasteiger charge is 2.16. The number of hydrogen-bond acceptors (Lipinski definition) is 6. The predicted octanol–water partition coefficient (Wildman–Crippen LogP) is 4.73. The molecule has 1 N–H and O–H groups in total. The van der Waals surface area contributed by atoms with E-state index in [1.165, 1.54) is 11.3 Å². The molecule has 3 aromatic rings. The van der Waals surface area contributed by atoms with Crippen molar-refractivity contribution < 1.29 is 9.21 Å². The highest BCUT2D eigenvalue weighted by Crippen LogP contribution is 2.31. The number of aromatic nitrogens is 2. The van der Waals surface area contributed by atoms with Crippen LogP contribution in [0.4, 0.5) is 5.13 Å². The molecule has 25 heavy (non-hydrogen) atoms. The number of benzene rings is 1. The summed E-state index contributed by atoms with van der Waals surface area (Å²) in [7, 11) is 0. The second-order valence-corrected chi connectivity index (χ2v) is 7.77. The summed E-state index contributed by atoms with van der Waals surface area (Å²) in [5.41, 5.74) is 0.988. The van der Waals surface area contributed by atoms with Crippen LogP contribution >= 0.6 is 23.1 Å². The van der Waals surface area contributed by atoms with Crippen LogP contribution in [0.2, 0.25) is 0 Å². The predicted molar refractivity (Wildman–Crippen MR) is 101 cm³/mol. The van der Waals surface area contributed by atoms with E-state index in [4.69, 9.17) is 4.42 Å². The van der Waals surface area contributed by atoms with E-state index in [-0.39, 0.29) is 11.8 Å². The summed E-state index contributed by atoms with van der Waals surface area (Å²) in [6.45, 7) is 3.92. The van der Waals surface area contributed by atoms with Gasteiger partial charge in [-0.25, -0.2) is 9.97 Å². The molecule has 0 saturated heterocycles. The van der Waals surface area contributed by atoms with Gasteiger partial charge in [0.05, 0.1) is 28.3 Å². The Morgan fingerprint density at radius 3 is 2.80 bits per heavy atom. The van der Waals surface area contributed by atoms with Crippen molar-refractivity contribution in [1.82, 2.24) is 9.97 Å². The fourth-order valence-electron chi connectivity index (χ4n) is 2.20. The summed E-state index contributed by atoms with van der Waals surface area (Å²) in [6, 6.07) is 9.71. The summed E-state index contributed by atoms with van der Waals surface area (Å²) in [5.74, 6) is 1.97. The zero-order valence-electron chi connectivity index (χ0n) is 14.1. The van der Waals surface area contributed by atoms with Gasteiger partial charge in [-0.2, -0.15) is 0 Å². The second kappa shape index (κ2) is 8.31. The van der Waals surface area contributed by atoms with Crippen LogP contribution in [-0.2, 0) is 17.0 Å². The molecule has 0 unspecified atom stereocenters. The lowest BCUT2D eigenvalue weighted by Gasteiger charge is -2.10. The number of carbonyl (C=O) groups excluding carboxylic acids is 1. The maximum atomic E-state index is 12.4. The maximum Gasteiger partial charge on any atom is 0.233 e. The van der Waals surface area contributed by atoms with Gasteiger partial charge in [0.15, 0.2) is 5.13 Å². The molecule has 1 aromatic carbocycles. The molecule has 0 aliphatic carbocycles. The first kappa shape index (κ1) is 17.7. The van der Waals surface area contributed by atoms with E-state index in [0.29, 0.717) is 16.8 Å². The first-order chi connectivity index (χ1) is 12.2. The van der Waals surface area contributed by atoms with E-state index in [2.05, 4.69) is 15.3 Å². The SMILES string of the molecule is CCc1cnc(CSc2cnc(NC(=O)[C@H](C)c3ccccc3)s2)o1. The van der Waals surface area contributed by atoms with Crippen LogP contribution in [0.3, 0.4) is 0 Å². The third-order valence-corrected chi connectivity index (χ3v) is 5.79. The van der Waals surface area contributed by atoms with E-state index < -0.39 is 0 Å². The normalized spacial score (nSPS) is 12.1. The highest BCUT2D eigenvalue weighted by molar-refractivity contribution is 8.00. The van der Waals surface area contributed by atoms with Gasteiger partial charge in [0, 0.05) is 6.42 Å². The van der Waals surface area contributed by atoms with Gasteiger partial charge in [0.1, 0.15) is 5.76 Å². The quantitative estimate of drug-likeness (QED) is 0.607. The minimum Gasteiger partial charge on any atom is -0.445 e. The van der Waals surface area contributed by atoms with Gasteiger partial charge >= 0.3 is 0 Å². The monoisotopic (exact) mass is 373 g/mol. The van der Waals surface area contributed by atoms with Crippen LogP contribution in [0.5, 0.6) is 0 Å². The van der Waals surface area contributed by atoms with Gasteiger partial charge in [0.25, 0.3) is 0 Å². The summed E-state index contributed by atoms with van der Waals surface area (Å²) in [5, 5.41) is 3.50. The average Bonchev–Trinajstić information content (AvgIpc) is 3.29. The lowest BCUT2D eigenvalue weighted by Crippen LogP contribution is -2.18. The summed E-state index contributed by atoms with van der Waals surface area (Å²) in [6.07, 6.45) is 4.37. The van der Waals surface area contributed by atoms with Crippen LogP contribution in [0, 0.1) is 0 Å². The molecule has 0 aliphatic heterocycles. The summed E-state index contributed by atoms with van der Waals surface area (Å²) in [4.78, 5) is 20.9. The number of nitrogens with zero attached hydrogens (tertiary/aromatic N) is 2. The van der Waals surface area contributed by atoms with E-state index >= 15 is 0 Å². The topological polar surface area (TPSA) is 68.0 Å². The number of oxazole rings is 1. The third-order valence-electron chi connectivity index (χ3n) is 3.70. The zero-order valence-corrected chi connectivity index (χ0v) is 15.7. The number of thioether (sulfide) groups is 1. The number of hydrogen-bond donors (Lipinski definition) is 1. The smallest absolute Gasteiger partial charge is 0.233 e. The van der Waals surface area contributed by atoms with Crippen molar-refractivity contribution in [2.24, 2.45) is 0 Å². The molecule has 0 aliphatic rings. The van der Waals surface area contributed by atoms with Crippen molar-refractivity contribution in [3.63, 3.8) is 0 Å². The summed E-state index contributed by atoms with van der Waals surface area (Å²) >= 11 is 3.05. The Bertz CT molecular complexity index is 830. The second-order valence-electron chi connectivity index (χ2n) is 5.47. The van der Waals surface area contributed by atoms with Crippen LogP contribution in [0.15, 0.2) is 51.4 Å². The number of nitrogens with one attached hydrogen (secondary N) is 1.